The average Bonchev–Trinajstić information content (AvgIpc) is 3.31. The predicted molar refractivity (Wildman–Crippen MR) is 94.8 cm³/mol. The van der Waals surface area contributed by atoms with Crippen molar-refractivity contribution in [1.29, 1.82) is 0 Å². The van der Waals surface area contributed by atoms with E-state index in [0.29, 0.717) is 12.3 Å². The lowest BCUT2D eigenvalue weighted by Crippen LogP contribution is -2.23. The summed E-state index contributed by atoms with van der Waals surface area (Å²) in [5.74, 6) is 0.560. The zero-order chi connectivity index (χ0) is 17.2. The van der Waals surface area contributed by atoms with Crippen LogP contribution in [0.5, 0.6) is 5.75 Å². The maximum absolute atomic E-state index is 14.0. The van der Waals surface area contributed by atoms with Gasteiger partial charge in [-0.3, -0.25) is 0 Å². The van der Waals surface area contributed by atoms with Crippen LogP contribution in [0.2, 0.25) is 0 Å². The number of hydrogen-bond donors (Lipinski definition) is 0. The first-order valence-electron chi connectivity index (χ1n) is 8.22. The second-order valence-corrected chi connectivity index (χ2v) is 5.89. The summed E-state index contributed by atoms with van der Waals surface area (Å²) in [5, 5.41) is 0. The minimum Gasteiger partial charge on any atom is -0.495 e. The summed E-state index contributed by atoms with van der Waals surface area (Å²) in [4.78, 5) is 2.17. The smallest absolute Gasteiger partial charge is 0.158 e. The summed E-state index contributed by atoms with van der Waals surface area (Å²) in [5.41, 5.74) is 2.49. The van der Waals surface area contributed by atoms with Gasteiger partial charge in [0, 0.05) is 24.5 Å². The Balaban J connectivity index is 1.67. The van der Waals surface area contributed by atoms with Crippen molar-refractivity contribution in [2.75, 3.05) is 25.2 Å². The molecule has 3 aromatic rings. The molecule has 0 saturated carbocycles. The van der Waals surface area contributed by atoms with E-state index in [9.17, 15) is 4.39 Å². The number of anilines is 1. The summed E-state index contributed by atoms with van der Waals surface area (Å²) in [7, 11) is 1.67. The molecule has 0 N–H and O–H groups in total. The van der Waals surface area contributed by atoms with Gasteiger partial charge in [-0.05, 0) is 30.3 Å². The molecule has 4 nitrogen and oxygen atoms in total. The van der Waals surface area contributed by atoms with E-state index in [1.54, 1.807) is 23.8 Å². The number of halogens is 1. The Morgan fingerprint density at radius 3 is 2.60 bits per heavy atom. The number of rotatable bonds is 4. The van der Waals surface area contributed by atoms with Crippen LogP contribution in [-0.2, 0) is 4.74 Å². The van der Waals surface area contributed by atoms with Crippen LogP contribution in [-0.4, -0.2) is 24.8 Å². The van der Waals surface area contributed by atoms with Crippen LogP contribution in [0.25, 0.3) is 5.69 Å². The van der Waals surface area contributed by atoms with Gasteiger partial charge < -0.3 is 18.9 Å². The molecule has 4 rings (SSSR count). The van der Waals surface area contributed by atoms with Gasteiger partial charge in [0.2, 0.25) is 0 Å². The molecule has 2 aromatic carbocycles. The average molecular weight is 338 g/mol. The molecule has 0 radical (unpaired) electrons. The highest BCUT2D eigenvalue weighted by Crippen LogP contribution is 2.37. The molecule has 0 amide bonds. The SMILES string of the molecule is COc1ccccc1N1CCO[C@H]1c1ccn(-c2ccccc2F)c1. The number of ether oxygens (including phenoxy) is 2. The third-order valence-electron chi connectivity index (χ3n) is 4.42. The summed E-state index contributed by atoms with van der Waals surface area (Å²) in [6, 6.07) is 16.6. The molecule has 0 spiro atoms. The van der Waals surface area contributed by atoms with Gasteiger partial charge in [0.1, 0.15) is 11.6 Å². The molecule has 1 fully saturated rings. The zero-order valence-corrected chi connectivity index (χ0v) is 13.9. The van der Waals surface area contributed by atoms with Gasteiger partial charge in [-0.1, -0.05) is 24.3 Å². The molecule has 0 unspecified atom stereocenters. The number of nitrogens with zero attached hydrogens (tertiary/aromatic N) is 2. The maximum atomic E-state index is 14.0. The van der Waals surface area contributed by atoms with Crippen molar-refractivity contribution in [1.82, 2.24) is 4.57 Å². The van der Waals surface area contributed by atoms with E-state index in [0.717, 1.165) is 23.5 Å². The molecule has 1 aliphatic heterocycles. The van der Waals surface area contributed by atoms with E-state index in [2.05, 4.69) is 4.90 Å². The minimum absolute atomic E-state index is 0.218. The molecular weight excluding hydrogens is 319 g/mol. The fourth-order valence-electron chi connectivity index (χ4n) is 3.23. The largest absolute Gasteiger partial charge is 0.495 e. The third-order valence-corrected chi connectivity index (χ3v) is 4.42. The van der Waals surface area contributed by atoms with E-state index in [1.165, 1.54) is 6.07 Å². The van der Waals surface area contributed by atoms with E-state index in [-0.39, 0.29) is 12.0 Å². The molecule has 1 saturated heterocycles. The van der Waals surface area contributed by atoms with Crippen molar-refractivity contribution in [3.05, 3.63) is 78.4 Å². The minimum atomic E-state index is -0.251. The third kappa shape index (κ3) is 2.87. The highest BCUT2D eigenvalue weighted by atomic mass is 19.1. The topological polar surface area (TPSA) is 26.6 Å². The molecule has 128 valence electrons. The quantitative estimate of drug-likeness (QED) is 0.715. The molecule has 0 bridgehead atoms. The fourth-order valence-corrected chi connectivity index (χ4v) is 3.23. The number of para-hydroxylation sites is 3. The second-order valence-electron chi connectivity index (χ2n) is 5.89. The zero-order valence-electron chi connectivity index (χ0n) is 13.9. The summed E-state index contributed by atoms with van der Waals surface area (Å²) < 4.78 is 27.2. The van der Waals surface area contributed by atoms with E-state index in [4.69, 9.17) is 9.47 Å². The number of benzene rings is 2. The van der Waals surface area contributed by atoms with E-state index in [1.807, 2.05) is 48.8 Å². The van der Waals surface area contributed by atoms with Crippen LogP contribution >= 0.6 is 0 Å². The highest BCUT2D eigenvalue weighted by Gasteiger charge is 2.29. The number of hydrogen-bond acceptors (Lipinski definition) is 3. The van der Waals surface area contributed by atoms with Crippen LogP contribution in [0.15, 0.2) is 67.0 Å². The first-order chi connectivity index (χ1) is 12.3. The van der Waals surface area contributed by atoms with Crippen LogP contribution in [0, 0.1) is 5.82 Å². The van der Waals surface area contributed by atoms with Crippen molar-refractivity contribution < 1.29 is 13.9 Å². The van der Waals surface area contributed by atoms with Gasteiger partial charge in [-0.2, -0.15) is 0 Å². The lowest BCUT2D eigenvalue weighted by Gasteiger charge is -2.26. The normalized spacial score (nSPS) is 17.0. The summed E-state index contributed by atoms with van der Waals surface area (Å²) in [6.07, 6.45) is 3.55. The lowest BCUT2D eigenvalue weighted by molar-refractivity contribution is 0.113. The molecular formula is C20H19FN2O2. The van der Waals surface area contributed by atoms with Crippen molar-refractivity contribution >= 4 is 5.69 Å². The van der Waals surface area contributed by atoms with Gasteiger partial charge in [0.05, 0.1) is 25.1 Å². The van der Waals surface area contributed by atoms with Crippen LogP contribution < -0.4 is 9.64 Å². The molecule has 25 heavy (non-hydrogen) atoms. The Bertz CT molecular complexity index is 877. The van der Waals surface area contributed by atoms with Gasteiger partial charge in [-0.15, -0.1) is 0 Å². The van der Waals surface area contributed by atoms with Crippen molar-refractivity contribution in [3.8, 4) is 11.4 Å². The lowest BCUT2D eigenvalue weighted by atomic mass is 10.2. The molecule has 0 aliphatic carbocycles. The van der Waals surface area contributed by atoms with Crippen molar-refractivity contribution in [3.63, 3.8) is 0 Å². The van der Waals surface area contributed by atoms with E-state index < -0.39 is 0 Å². The van der Waals surface area contributed by atoms with Crippen LogP contribution in [0.4, 0.5) is 10.1 Å². The summed E-state index contributed by atoms with van der Waals surface area (Å²) in [6.45, 7) is 1.41. The first kappa shape index (κ1) is 15.7. The van der Waals surface area contributed by atoms with Gasteiger partial charge >= 0.3 is 0 Å². The van der Waals surface area contributed by atoms with Crippen molar-refractivity contribution in [2.24, 2.45) is 0 Å². The molecule has 5 heteroatoms. The van der Waals surface area contributed by atoms with Crippen LogP contribution in [0.3, 0.4) is 0 Å². The van der Waals surface area contributed by atoms with Gasteiger partial charge in [0.25, 0.3) is 0 Å². The van der Waals surface area contributed by atoms with E-state index >= 15 is 0 Å². The Labute approximate surface area is 146 Å². The van der Waals surface area contributed by atoms with Gasteiger partial charge in [0.15, 0.2) is 6.23 Å². The maximum Gasteiger partial charge on any atom is 0.158 e. The van der Waals surface area contributed by atoms with Crippen molar-refractivity contribution in [2.45, 2.75) is 6.23 Å². The van der Waals surface area contributed by atoms with Crippen LogP contribution in [0.1, 0.15) is 11.8 Å². The molecule has 1 atom stereocenters. The Morgan fingerprint density at radius 2 is 1.80 bits per heavy atom. The predicted octanol–water partition coefficient (Wildman–Crippen LogP) is 4.16. The fraction of sp³-hybridized carbons (Fsp3) is 0.200. The highest BCUT2D eigenvalue weighted by molar-refractivity contribution is 5.60. The number of methoxy groups -OCH3 is 1. The second kappa shape index (κ2) is 6.61. The Kier molecular flexibility index (Phi) is 4.15. The van der Waals surface area contributed by atoms with Gasteiger partial charge in [-0.25, -0.2) is 4.39 Å². The first-order valence-corrected chi connectivity index (χ1v) is 8.22. The monoisotopic (exact) mass is 338 g/mol. The summed E-state index contributed by atoms with van der Waals surface area (Å²) >= 11 is 0. The Hall–Kier alpha value is -2.79. The standard InChI is InChI=1S/C20H19FN2O2/c1-24-19-9-5-4-8-18(19)23-12-13-25-20(23)15-10-11-22(14-15)17-7-3-2-6-16(17)21/h2-11,14,20H,12-13H2,1H3/t20-/m0/s1. The number of aromatic nitrogens is 1. The molecule has 1 aliphatic rings. The molecule has 2 heterocycles. The molecule has 1 aromatic heterocycles. The Morgan fingerprint density at radius 1 is 1.04 bits per heavy atom.